The predicted molar refractivity (Wildman–Crippen MR) is 108 cm³/mol. The van der Waals surface area contributed by atoms with Gasteiger partial charge in [-0.05, 0) is 42.0 Å². The van der Waals surface area contributed by atoms with E-state index < -0.39 is 0 Å². The number of halogens is 1. The van der Waals surface area contributed by atoms with Gasteiger partial charge in [-0.15, -0.1) is 0 Å². The van der Waals surface area contributed by atoms with Crippen LogP contribution in [0.25, 0.3) is 0 Å². The summed E-state index contributed by atoms with van der Waals surface area (Å²) in [5.41, 5.74) is 2.31. The highest BCUT2D eigenvalue weighted by atomic mass is 35.5. The van der Waals surface area contributed by atoms with Crippen molar-refractivity contribution in [2.24, 2.45) is 0 Å². The smallest absolute Gasteiger partial charge is 0.137 e. The third-order valence-electron chi connectivity index (χ3n) is 3.88. The molecule has 0 radical (unpaired) electrons. The van der Waals surface area contributed by atoms with Crippen LogP contribution in [0.1, 0.15) is 5.56 Å². The Kier molecular flexibility index (Phi) is 6.80. The summed E-state index contributed by atoms with van der Waals surface area (Å²) in [6.45, 7) is 1.90. The van der Waals surface area contributed by atoms with Crippen molar-refractivity contribution in [2.75, 3.05) is 25.1 Å². The lowest BCUT2D eigenvalue weighted by Gasteiger charge is -2.11. The van der Waals surface area contributed by atoms with Crippen LogP contribution in [-0.4, -0.2) is 19.8 Å². The SMILES string of the molecule is Clc1ccccc1OCCNc1ccc(OCCc2ccccc2)cc1. The van der Waals surface area contributed by atoms with E-state index >= 15 is 0 Å². The molecule has 0 amide bonds. The van der Waals surface area contributed by atoms with Gasteiger partial charge < -0.3 is 14.8 Å². The Balaban J connectivity index is 1.37. The van der Waals surface area contributed by atoms with E-state index in [0.717, 1.165) is 17.9 Å². The lowest BCUT2D eigenvalue weighted by molar-refractivity contribution is 0.322. The van der Waals surface area contributed by atoms with E-state index in [1.807, 2.05) is 66.7 Å². The van der Waals surface area contributed by atoms with Crippen LogP contribution in [0.15, 0.2) is 78.9 Å². The fraction of sp³-hybridized carbons (Fsp3) is 0.182. The Morgan fingerprint density at radius 2 is 1.46 bits per heavy atom. The number of benzene rings is 3. The zero-order valence-corrected chi connectivity index (χ0v) is 15.3. The average molecular weight is 368 g/mol. The van der Waals surface area contributed by atoms with Gasteiger partial charge in [-0.3, -0.25) is 0 Å². The number of nitrogens with one attached hydrogen (secondary N) is 1. The van der Waals surface area contributed by atoms with Crippen LogP contribution in [0.3, 0.4) is 0 Å². The molecule has 26 heavy (non-hydrogen) atoms. The first-order valence-corrected chi connectivity index (χ1v) is 9.07. The molecule has 134 valence electrons. The summed E-state index contributed by atoms with van der Waals surface area (Å²) >= 11 is 6.06. The third-order valence-corrected chi connectivity index (χ3v) is 4.19. The van der Waals surface area contributed by atoms with E-state index in [1.54, 1.807) is 0 Å². The Hall–Kier alpha value is -2.65. The van der Waals surface area contributed by atoms with Crippen LogP contribution in [0.5, 0.6) is 11.5 Å². The first kappa shape index (κ1) is 18.2. The normalized spacial score (nSPS) is 10.3. The molecule has 0 bridgehead atoms. The standard InChI is InChI=1S/C22H22ClNO2/c23-21-8-4-5-9-22(21)26-17-15-24-19-10-12-20(13-11-19)25-16-14-18-6-2-1-3-7-18/h1-13,24H,14-17H2. The van der Waals surface area contributed by atoms with E-state index in [-0.39, 0.29) is 0 Å². The molecule has 3 rings (SSSR count). The molecule has 0 spiro atoms. The van der Waals surface area contributed by atoms with E-state index in [4.69, 9.17) is 21.1 Å². The second-order valence-electron chi connectivity index (χ2n) is 5.81. The summed E-state index contributed by atoms with van der Waals surface area (Å²) < 4.78 is 11.5. The molecular formula is C22H22ClNO2. The van der Waals surface area contributed by atoms with Gasteiger partial charge in [0.15, 0.2) is 0 Å². The fourth-order valence-corrected chi connectivity index (χ4v) is 2.71. The van der Waals surface area contributed by atoms with Crippen LogP contribution < -0.4 is 14.8 Å². The number of ether oxygens (including phenoxy) is 2. The van der Waals surface area contributed by atoms with Gasteiger partial charge >= 0.3 is 0 Å². The molecule has 3 aromatic carbocycles. The van der Waals surface area contributed by atoms with Crippen molar-refractivity contribution in [1.29, 1.82) is 0 Å². The largest absolute Gasteiger partial charge is 0.493 e. The molecule has 3 aromatic rings. The Morgan fingerprint density at radius 3 is 2.23 bits per heavy atom. The molecule has 0 heterocycles. The van der Waals surface area contributed by atoms with E-state index in [0.29, 0.717) is 30.5 Å². The Morgan fingerprint density at radius 1 is 0.731 bits per heavy atom. The minimum atomic E-state index is 0.541. The first-order valence-electron chi connectivity index (χ1n) is 8.69. The van der Waals surface area contributed by atoms with Gasteiger partial charge in [-0.2, -0.15) is 0 Å². The minimum absolute atomic E-state index is 0.541. The van der Waals surface area contributed by atoms with Crippen LogP contribution in [0, 0.1) is 0 Å². The summed E-state index contributed by atoms with van der Waals surface area (Å²) in [5, 5.41) is 3.95. The van der Waals surface area contributed by atoms with Gasteiger partial charge in [0.1, 0.15) is 18.1 Å². The molecule has 0 saturated carbocycles. The highest BCUT2D eigenvalue weighted by Crippen LogP contribution is 2.23. The third kappa shape index (κ3) is 5.71. The van der Waals surface area contributed by atoms with Crippen molar-refractivity contribution < 1.29 is 9.47 Å². The molecule has 0 aliphatic heterocycles. The molecule has 4 heteroatoms. The molecule has 0 atom stereocenters. The van der Waals surface area contributed by atoms with Crippen molar-refractivity contribution in [1.82, 2.24) is 0 Å². The van der Waals surface area contributed by atoms with E-state index in [9.17, 15) is 0 Å². The van der Waals surface area contributed by atoms with Crippen LogP contribution in [0.4, 0.5) is 5.69 Å². The zero-order chi connectivity index (χ0) is 18.0. The summed E-state index contributed by atoms with van der Waals surface area (Å²) in [6.07, 6.45) is 0.903. The van der Waals surface area contributed by atoms with Gasteiger partial charge in [0, 0.05) is 18.7 Å². The van der Waals surface area contributed by atoms with Crippen LogP contribution >= 0.6 is 11.6 Å². The highest BCUT2D eigenvalue weighted by Gasteiger charge is 2.00. The number of rotatable bonds is 9. The number of para-hydroxylation sites is 1. The maximum absolute atomic E-state index is 6.06. The van der Waals surface area contributed by atoms with Gasteiger partial charge in [0.05, 0.1) is 11.6 Å². The van der Waals surface area contributed by atoms with Crippen molar-refractivity contribution in [3.63, 3.8) is 0 Å². The Bertz CT molecular complexity index is 791. The molecular weight excluding hydrogens is 346 g/mol. The molecule has 0 aliphatic rings. The first-order chi connectivity index (χ1) is 12.8. The lowest BCUT2D eigenvalue weighted by Crippen LogP contribution is -2.11. The quantitative estimate of drug-likeness (QED) is 0.510. The highest BCUT2D eigenvalue weighted by molar-refractivity contribution is 6.32. The average Bonchev–Trinajstić information content (AvgIpc) is 2.68. The Labute approximate surface area is 159 Å². The minimum Gasteiger partial charge on any atom is -0.493 e. The van der Waals surface area contributed by atoms with E-state index in [1.165, 1.54) is 5.56 Å². The molecule has 0 aliphatic carbocycles. The fourth-order valence-electron chi connectivity index (χ4n) is 2.52. The number of hydrogen-bond acceptors (Lipinski definition) is 3. The second kappa shape index (κ2) is 9.73. The topological polar surface area (TPSA) is 30.5 Å². The molecule has 0 unspecified atom stereocenters. The van der Waals surface area contributed by atoms with Crippen molar-refractivity contribution in [2.45, 2.75) is 6.42 Å². The maximum Gasteiger partial charge on any atom is 0.137 e. The maximum atomic E-state index is 6.06. The lowest BCUT2D eigenvalue weighted by atomic mass is 10.2. The molecule has 3 nitrogen and oxygen atoms in total. The van der Waals surface area contributed by atoms with Crippen LogP contribution in [0.2, 0.25) is 5.02 Å². The van der Waals surface area contributed by atoms with E-state index in [2.05, 4.69) is 17.4 Å². The molecule has 0 saturated heterocycles. The molecule has 0 aromatic heterocycles. The van der Waals surface area contributed by atoms with Crippen molar-refractivity contribution >= 4 is 17.3 Å². The van der Waals surface area contributed by atoms with Gasteiger partial charge in [0.25, 0.3) is 0 Å². The monoisotopic (exact) mass is 367 g/mol. The van der Waals surface area contributed by atoms with Gasteiger partial charge in [-0.1, -0.05) is 54.1 Å². The van der Waals surface area contributed by atoms with Crippen LogP contribution in [-0.2, 0) is 6.42 Å². The molecule has 0 fully saturated rings. The number of anilines is 1. The summed E-state index contributed by atoms with van der Waals surface area (Å²) in [4.78, 5) is 0. The second-order valence-corrected chi connectivity index (χ2v) is 6.22. The van der Waals surface area contributed by atoms with Gasteiger partial charge in [0.2, 0.25) is 0 Å². The summed E-state index contributed by atoms with van der Waals surface area (Å²) in [5.74, 6) is 1.58. The summed E-state index contributed by atoms with van der Waals surface area (Å²) in [6, 6.07) is 25.8. The zero-order valence-electron chi connectivity index (χ0n) is 14.5. The predicted octanol–water partition coefficient (Wildman–Crippen LogP) is 5.45. The number of hydrogen-bond donors (Lipinski definition) is 1. The molecule has 1 N–H and O–H groups in total. The van der Waals surface area contributed by atoms with Crippen molar-refractivity contribution in [3.05, 3.63) is 89.4 Å². The van der Waals surface area contributed by atoms with Crippen molar-refractivity contribution in [3.8, 4) is 11.5 Å². The summed E-state index contributed by atoms with van der Waals surface area (Å²) in [7, 11) is 0. The van der Waals surface area contributed by atoms with Gasteiger partial charge in [-0.25, -0.2) is 0 Å².